The number of ether oxygens (including phenoxy) is 3. The van der Waals surface area contributed by atoms with E-state index in [2.05, 4.69) is 10.3 Å². The molecule has 1 N–H and O–H groups in total. The Bertz CT molecular complexity index is 728. The van der Waals surface area contributed by atoms with Gasteiger partial charge in [-0.2, -0.15) is 0 Å². The van der Waals surface area contributed by atoms with Gasteiger partial charge in [-0.25, -0.2) is 9.78 Å². The van der Waals surface area contributed by atoms with Gasteiger partial charge >= 0.3 is 12.1 Å². The lowest BCUT2D eigenvalue weighted by Gasteiger charge is -2.26. The van der Waals surface area contributed by atoms with Crippen LogP contribution in [0.15, 0.2) is 12.3 Å². The highest BCUT2D eigenvalue weighted by Gasteiger charge is 2.27. The molecule has 0 spiro atoms. The maximum absolute atomic E-state index is 12.4. The lowest BCUT2D eigenvalue weighted by atomic mass is 10.2. The van der Waals surface area contributed by atoms with E-state index in [1.165, 1.54) is 13.1 Å². The molecular formula is C18H25N3O6. The van der Waals surface area contributed by atoms with Gasteiger partial charge in [0.1, 0.15) is 12.2 Å². The van der Waals surface area contributed by atoms with Crippen molar-refractivity contribution in [2.45, 2.75) is 52.8 Å². The SMILES string of the molecule is CC(=O)OCC(=O)N1Cc2cc(NC(=O)OC(C)(C)C)cnc2OC[C@H]1C. The van der Waals surface area contributed by atoms with Crippen molar-refractivity contribution in [3.8, 4) is 5.88 Å². The smallest absolute Gasteiger partial charge is 0.412 e. The van der Waals surface area contributed by atoms with E-state index >= 15 is 0 Å². The number of hydrogen-bond acceptors (Lipinski definition) is 7. The second-order valence-corrected chi connectivity index (χ2v) is 7.28. The molecule has 148 valence electrons. The van der Waals surface area contributed by atoms with Crippen LogP contribution in [0, 0.1) is 0 Å². The molecule has 0 aromatic carbocycles. The molecule has 1 atom stereocenters. The van der Waals surface area contributed by atoms with Crippen LogP contribution in [0.1, 0.15) is 40.2 Å². The molecule has 1 aliphatic heterocycles. The molecule has 2 rings (SSSR count). The van der Waals surface area contributed by atoms with Gasteiger partial charge in [-0.05, 0) is 33.8 Å². The quantitative estimate of drug-likeness (QED) is 0.801. The summed E-state index contributed by atoms with van der Waals surface area (Å²) in [6, 6.07) is 1.45. The van der Waals surface area contributed by atoms with E-state index < -0.39 is 17.7 Å². The number of fused-ring (bicyclic) bond motifs is 1. The fraction of sp³-hybridized carbons (Fsp3) is 0.556. The number of pyridine rings is 1. The Hall–Kier alpha value is -2.84. The highest BCUT2D eigenvalue weighted by atomic mass is 16.6. The van der Waals surface area contributed by atoms with E-state index in [0.29, 0.717) is 17.1 Å². The normalized spacial score (nSPS) is 16.5. The van der Waals surface area contributed by atoms with Crippen LogP contribution in [-0.2, 0) is 25.6 Å². The van der Waals surface area contributed by atoms with Gasteiger partial charge in [-0.3, -0.25) is 14.9 Å². The largest absolute Gasteiger partial charge is 0.475 e. The zero-order chi connectivity index (χ0) is 20.2. The summed E-state index contributed by atoms with van der Waals surface area (Å²) in [6.45, 7) is 8.51. The monoisotopic (exact) mass is 379 g/mol. The first-order valence-corrected chi connectivity index (χ1v) is 8.59. The van der Waals surface area contributed by atoms with Gasteiger partial charge in [0.05, 0.1) is 24.5 Å². The highest BCUT2D eigenvalue weighted by molar-refractivity contribution is 5.85. The topological polar surface area (TPSA) is 107 Å². The Kier molecular flexibility index (Phi) is 6.24. The predicted octanol–water partition coefficient (Wildman–Crippen LogP) is 2.10. The molecule has 0 radical (unpaired) electrons. The van der Waals surface area contributed by atoms with Crippen LogP contribution in [0.2, 0.25) is 0 Å². The number of carbonyl (C=O) groups is 3. The van der Waals surface area contributed by atoms with Crippen molar-refractivity contribution in [2.75, 3.05) is 18.5 Å². The summed E-state index contributed by atoms with van der Waals surface area (Å²) in [6.07, 6.45) is 0.860. The predicted molar refractivity (Wildman–Crippen MR) is 96.2 cm³/mol. The van der Waals surface area contributed by atoms with Crippen LogP contribution < -0.4 is 10.1 Å². The Balaban J connectivity index is 2.14. The minimum Gasteiger partial charge on any atom is -0.475 e. The first kappa shape index (κ1) is 20.5. The van der Waals surface area contributed by atoms with E-state index in [9.17, 15) is 14.4 Å². The number of rotatable bonds is 3. The van der Waals surface area contributed by atoms with Crippen molar-refractivity contribution < 1.29 is 28.6 Å². The molecule has 1 aromatic rings. The Morgan fingerprint density at radius 3 is 2.70 bits per heavy atom. The van der Waals surface area contributed by atoms with Crippen molar-refractivity contribution in [1.29, 1.82) is 0 Å². The van der Waals surface area contributed by atoms with Crippen LogP contribution in [0.5, 0.6) is 5.88 Å². The molecule has 0 fully saturated rings. The van der Waals surface area contributed by atoms with E-state index in [4.69, 9.17) is 14.2 Å². The third-order valence-corrected chi connectivity index (χ3v) is 3.62. The minimum absolute atomic E-state index is 0.216. The zero-order valence-corrected chi connectivity index (χ0v) is 16.2. The number of carbonyl (C=O) groups excluding carboxylic acids is 3. The lowest BCUT2D eigenvalue weighted by molar-refractivity contribution is -0.151. The molecule has 0 bridgehead atoms. The van der Waals surface area contributed by atoms with Gasteiger partial charge in [-0.15, -0.1) is 0 Å². The maximum Gasteiger partial charge on any atom is 0.412 e. The molecule has 9 heteroatoms. The van der Waals surface area contributed by atoms with Crippen LogP contribution in [0.3, 0.4) is 0 Å². The number of esters is 1. The fourth-order valence-corrected chi connectivity index (χ4v) is 2.44. The summed E-state index contributed by atoms with van der Waals surface area (Å²) < 4.78 is 15.7. The first-order valence-electron chi connectivity index (χ1n) is 8.59. The summed E-state index contributed by atoms with van der Waals surface area (Å²) in [5.41, 5.74) is 0.430. The van der Waals surface area contributed by atoms with Gasteiger partial charge < -0.3 is 19.1 Å². The van der Waals surface area contributed by atoms with Crippen molar-refractivity contribution in [2.24, 2.45) is 0 Å². The van der Waals surface area contributed by atoms with E-state index in [1.807, 2.05) is 6.92 Å². The number of nitrogens with one attached hydrogen (secondary N) is 1. The van der Waals surface area contributed by atoms with Crippen LogP contribution in [-0.4, -0.2) is 52.7 Å². The van der Waals surface area contributed by atoms with E-state index in [-0.39, 0.29) is 31.7 Å². The summed E-state index contributed by atoms with van der Waals surface area (Å²) in [4.78, 5) is 41.0. The van der Waals surface area contributed by atoms with Crippen molar-refractivity contribution in [3.05, 3.63) is 17.8 Å². The molecule has 0 saturated carbocycles. The third kappa shape index (κ3) is 6.12. The second-order valence-electron chi connectivity index (χ2n) is 7.28. The number of aromatic nitrogens is 1. The van der Waals surface area contributed by atoms with E-state index in [0.717, 1.165) is 0 Å². The molecular weight excluding hydrogens is 354 g/mol. The average molecular weight is 379 g/mol. The summed E-state index contributed by atoms with van der Waals surface area (Å²) in [7, 11) is 0. The number of hydrogen-bond donors (Lipinski definition) is 1. The molecule has 9 nitrogen and oxygen atoms in total. The van der Waals surface area contributed by atoms with Crippen LogP contribution in [0.4, 0.5) is 10.5 Å². The third-order valence-electron chi connectivity index (χ3n) is 3.62. The van der Waals surface area contributed by atoms with Gasteiger partial charge in [0.15, 0.2) is 6.61 Å². The highest BCUT2D eigenvalue weighted by Crippen LogP contribution is 2.26. The lowest BCUT2D eigenvalue weighted by Crippen LogP contribution is -2.42. The Morgan fingerprint density at radius 2 is 2.07 bits per heavy atom. The number of nitrogens with zero attached hydrogens (tertiary/aromatic N) is 2. The van der Waals surface area contributed by atoms with Crippen LogP contribution in [0.25, 0.3) is 0 Å². The number of amides is 2. The van der Waals surface area contributed by atoms with Crippen molar-refractivity contribution in [1.82, 2.24) is 9.88 Å². The molecule has 0 unspecified atom stereocenters. The summed E-state index contributed by atoms with van der Waals surface area (Å²) in [5.74, 6) is -0.466. The minimum atomic E-state index is -0.623. The molecule has 0 aliphatic carbocycles. The molecule has 1 aliphatic rings. The Labute approximate surface area is 158 Å². The summed E-state index contributed by atoms with van der Waals surface area (Å²) >= 11 is 0. The molecule has 0 saturated heterocycles. The van der Waals surface area contributed by atoms with E-state index in [1.54, 1.807) is 31.7 Å². The van der Waals surface area contributed by atoms with Crippen molar-refractivity contribution >= 4 is 23.7 Å². The van der Waals surface area contributed by atoms with Gasteiger partial charge in [0, 0.05) is 12.5 Å². The molecule has 1 aromatic heterocycles. The maximum atomic E-state index is 12.4. The van der Waals surface area contributed by atoms with Gasteiger partial charge in [0.25, 0.3) is 5.91 Å². The van der Waals surface area contributed by atoms with Gasteiger partial charge in [0.2, 0.25) is 5.88 Å². The van der Waals surface area contributed by atoms with Crippen molar-refractivity contribution in [3.63, 3.8) is 0 Å². The van der Waals surface area contributed by atoms with Gasteiger partial charge in [-0.1, -0.05) is 0 Å². The molecule has 2 heterocycles. The second kappa shape index (κ2) is 8.24. The molecule has 27 heavy (non-hydrogen) atoms. The first-order chi connectivity index (χ1) is 12.5. The average Bonchev–Trinajstić information content (AvgIpc) is 2.70. The standard InChI is InChI=1S/C18H25N3O6/c1-11-9-26-16-13(8-21(11)15(23)10-25-12(2)22)6-14(7-19-16)20-17(24)27-18(3,4)5/h6-7,11H,8-10H2,1-5H3,(H,20,24)/t11-/m1/s1. The molecule has 2 amide bonds. The zero-order valence-electron chi connectivity index (χ0n) is 16.2. The fourth-order valence-electron chi connectivity index (χ4n) is 2.44. The number of anilines is 1. The summed E-state index contributed by atoms with van der Waals surface area (Å²) in [5, 5.41) is 2.61. The Morgan fingerprint density at radius 1 is 1.37 bits per heavy atom. The van der Waals surface area contributed by atoms with Crippen LogP contribution >= 0.6 is 0 Å².